The summed E-state index contributed by atoms with van der Waals surface area (Å²) in [6.07, 6.45) is 0. The largest absolute Gasteiger partial charge is 0.495 e. The predicted octanol–water partition coefficient (Wildman–Crippen LogP) is 2.24. The second-order valence-electron chi connectivity index (χ2n) is 2.29. The molecule has 1 rings (SSSR count). The molecule has 0 aliphatic carbocycles. The van der Waals surface area contributed by atoms with Crippen LogP contribution in [0.4, 0.5) is 5.69 Å². The topological polar surface area (TPSA) is 35.2 Å². The smallest absolute Gasteiger partial charge is 0.142 e. The van der Waals surface area contributed by atoms with Gasteiger partial charge < -0.3 is 10.5 Å². The number of nitrogens with two attached hydrogens (primary N) is 1. The zero-order valence-electron chi connectivity index (χ0n) is 6.52. The number of methoxy groups -OCH3 is 1. The van der Waals surface area contributed by atoms with Gasteiger partial charge in [-0.15, -0.1) is 0 Å². The van der Waals surface area contributed by atoms with Gasteiger partial charge >= 0.3 is 0 Å². The highest BCUT2D eigenvalue weighted by atomic mass is 35.5. The van der Waals surface area contributed by atoms with Crippen LogP contribution in [0.1, 0.15) is 5.56 Å². The molecular formula is C8H10ClNO. The van der Waals surface area contributed by atoms with Crippen molar-refractivity contribution in [2.75, 3.05) is 12.8 Å². The first-order valence-electron chi connectivity index (χ1n) is 3.25. The molecule has 1 aromatic rings. The summed E-state index contributed by atoms with van der Waals surface area (Å²) < 4.78 is 5.00. The summed E-state index contributed by atoms with van der Waals surface area (Å²) in [4.78, 5) is 0. The number of anilines is 1. The molecule has 0 aliphatic heterocycles. The molecule has 0 aromatic heterocycles. The molecular weight excluding hydrogens is 162 g/mol. The second-order valence-corrected chi connectivity index (χ2v) is 2.70. The van der Waals surface area contributed by atoms with E-state index in [9.17, 15) is 0 Å². The average Bonchev–Trinajstić information content (AvgIpc) is 2.01. The molecule has 0 atom stereocenters. The van der Waals surface area contributed by atoms with Gasteiger partial charge in [-0.25, -0.2) is 0 Å². The molecule has 0 radical (unpaired) electrons. The van der Waals surface area contributed by atoms with Crippen molar-refractivity contribution in [1.29, 1.82) is 0 Å². The van der Waals surface area contributed by atoms with Gasteiger partial charge in [-0.3, -0.25) is 0 Å². The molecule has 0 spiro atoms. The van der Waals surface area contributed by atoms with Crippen molar-refractivity contribution in [3.63, 3.8) is 0 Å². The van der Waals surface area contributed by atoms with Crippen LogP contribution in [0.25, 0.3) is 0 Å². The Morgan fingerprint density at radius 1 is 1.45 bits per heavy atom. The monoisotopic (exact) mass is 171 g/mol. The minimum atomic E-state index is 0.611. The molecule has 2 nitrogen and oxygen atoms in total. The summed E-state index contributed by atoms with van der Waals surface area (Å²) >= 11 is 5.81. The van der Waals surface area contributed by atoms with Crippen molar-refractivity contribution in [2.24, 2.45) is 0 Å². The van der Waals surface area contributed by atoms with Crippen LogP contribution in [-0.2, 0) is 0 Å². The molecule has 60 valence electrons. The number of hydrogen-bond donors (Lipinski definition) is 1. The van der Waals surface area contributed by atoms with Gasteiger partial charge in [0.15, 0.2) is 0 Å². The van der Waals surface area contributed by atoms with E-state index in [4.69, 9.17) is 22.1 Å². The Balaban J connectivity index is 3.25. The van der Waals surface area contributed by atoms with Gasteiger partial charge in [-0.05, 0) is 24.6 Å². The molecule has 2 N–H and O–H groups in total. The van der Waals surface area contributed by atoms with Crippen molar-refractivity contribution in [1.82, 2.24) is 0 Å². The molecule has 0 unspecified atom stereocenters. The van der Waals surface area contributed by atoms with Crippen molar-refractivity contribution in [3.05, 3.63) is 22.7 Å². The maximum atomic E-state index is 5.81. The molecule has 0 amide bonds. The first-order chi connectivity index (χ1) is 5.16. The number of nitrogen functional groups attached to an aromatic ring is 1. The van der Waals surface area contributed by atoms with Crippen molar-refractivity contribution in [3.8, 4) is 5.75 Å². The van der Waals surface area contributed by atoms with E-state index >= 15 is 0 Å². The lowest BCUT2D eigenvalue weighted by atomic mass is 10.2. The number of hydrogen-bond acceptors (Lipinski definition) is 2. The van der Waals surface area contributed by atoms with E-state index in [-0.39, 0.29) is 0 Å². The van der Waals surface area contributed by atoms with Crippen molar-refractivity contribution in [2.45, 2.75) is 6.92 Å². The van der Waals surface area contributed by atoms with Crippen LogP contribution in [-0.4, -0.2) is 7.11 Å². The average molecular weight is 172 g/mol. The lowest BCUT2D eigenvalue weighted by Gasteiger charge is -2.07. The Morgan fingerprint density at radius 2 is 2.09 bits per heavy atom. The first kappa shape index (κ1) is 8.21. The molecule has 3 heteroatoms. The summed E-state index contributed by atoms with van der Waals surface area (Å²) in [6, 6.07) is 3.52. The van der Waals surface area contributed by atoms with E-state index in [1.807, 2.05) is 6.92 Å². The number of rotatable bonds is 1. The van der Waals surface area contributed by atoms with Gasteiger partial charge in [-0.1, -0.05) is 11.6 Å². The Labute approximate surface area is 70.9 Å². The van der Waals surface area contributed by atoms with E-state index < -0.39 is 0 Å². The third-order valence-corrected chi connectivity index (χ3v) is 2.04. The van der Waals surface area contributed by atoms with Crippen LogP contribution in [0.3, 0.4) is 0 Å². The standard InChI is InChI=1S/C8H10ClNO/c1-5-6(9)3-4-7(11-2)8(5)10/h3-4H,10H2,1-2H3. The highest BCUT2D eigenvalue weighted by molar-refractivity contribution is 6.31. The maximum absolute atomic E-state index is 5.81. The van der Waals surface area contributed by atoms with E-state index in [2.05, 4.69) is 0 Å². The molecule has 0 bridgehead atoms. The molecule has 1 aromatic carbocycles. The van der Waals surface area contributed by atoms with Gasteiger partial charge in [0.2, 0.25) is 0 Å². The lowest BCUT2D eigenvalue weighted by molar-refractivity contribution is 0.416. The molecule has 0 fully saturated rings. The SMILES string of the molecule is COc1ccc(Cl)c(C)c1N. The Bertz CT molecular complexity index is 273. The fourth-order valence-electron chi connectivity index (χ4n) is 0.855. The van der Waals surface area contributed by atoms with Crippen molar-refractivity contribution < 1.29 is 4.74 Å². The first-order valence-corrected chi connectivity index (χ1v) is 3.63. The highest BCUT2D eigenvalue weighted by Gasteiger charge is 2.04. The van der Waals surface area contributed by atoms with E-state index in [0.29, 0.717) is 16.5 Å². The fourth-order valence-corrected chi connectivity index (χ4v) is 1.02. The van der Waals surface area contributed by atoms with Crippen LogP contribution in [0, 0.1) is 6.92 Å². The Morgan fingerprint density at radius 3 is 2.64 bits per heavy atom. The minimum absolute atomic E-state index is 0.611. The van der Waals surface area contributed by atoms with E-state index in [1.165, 1.54) is 0 Å². The zero-order valence-corrected chi connectivity index (χ0v) is 7.27. The van der Waals surface area contributed by atoms with Gasteiger partial charge in [0.1, 0.15) is 5.75 Å². The van der Waals surface area contributed by atoms with Crippen LogP contribution in [0.15, 0.2) is 12.1 Å². The van der Waals surface area contributed by atoms with Crippen LogP contribution in [0.2, 0.25) is 5.02 Å². The third kappa shape index (κ3) is 1.40. The summed E-state index contributed by atoms with van der Waals surface area (Å²) in [7, 11) is 1.58. The molecule has 11 heavy (non-hydrogen) atoms. The minimum Gasteiger partial charge on any atom is -0.495 e. The van der Waals surface area contributed by atoms with Gasteiger partial charge in [0.25, 0.3) is 0 Å². The maximum Gasteiger partial charge on any atom is 0.142 e. The number of ether oxygens (including phenoxy) is 1. The van der Waals surface area contributed by atoms with Crippen LogP contribution >= 0.6 is 11.6 Å². The summed E-state index contributed by atoms with van der Waals surface area (Å²) in [5.41, 5.74) is 7.16. The number of halogens is 1. The van der Waals surface area contributed by atoms with Crippen LogP contribution in [0.5, 0.6) is 5.75 Å². The molecule has 0 saturated heterocycles. The Hall–Kier alpha value is -0.890. The molecule has 0 saturated carbocycles. The fraction of sp³-hybridized carbons (Fsp3) is 0.250. The van der Waals surface area contributed by atoms with E-state index in [1.54, 1.807) is 19.2 Å². The predicted molar refractivity (Wildman–Crippen MR) is 47.2 cm³/mol. The number of benzene rings is 1. The molecule has 0 aliphatic rings. The lowest BCUT2D eigenvalue weighted by Crippen LogP contribution is -1.95. The zero-order chi connectivity index (χ0) is 8.43. The Kier molecular flexibility index (Phi) is 2.25. The van der Waals surface area contributed by atoms with Gasteiger partial charge in [0.05, 0.1) is 12.8 Å². The normalized spacial score (nSPS) is 9.73. The third-order valence-electron chi connectivity index (χ3n) is 1.63. The van der Waals surface area contributed by atoms with E-state index in [0.717, 1.165) is 5.56 Å². The van der Waals surface area contributed by atoms with Crippen LogP contribution < -0.4 is 10.5 Å². The second kappa shape index (κ2) is 3.01. The molecule has 0 heterocycles. The quantitative estimate of drug-likeness (QED) is 0.658. The highest BCUT2D eigenvalue weighted by Crippen LogP contribution is 2.29. The summed E-state index contributed by atoms with van der Waals surface area (Å²) in [5.74, 6) is 0.673. The van der Waals surface area contributed by atoms with Gasteiger partial charge in [0, 0.05) is 5.02 Å². The van der Waals surface area contributed by atoms with Gasteiger partial charge in [-0.2, -0.15) is 0 Å². The summed E-state index contributed by atoms with van der Waals surface area (Å²) in [6.45, 7) is 1.86. The van der Waals surface area contributed by atoms with Crippen molar-refractivity contribution >= 4 is 17.3 Å². The summed E-state index contributed by atoms with van der Waals surface area (Å²) in [5, 5.41) is 0.670.